The third kappa shape index (κ3) is 4.82. The van der Waals surface area contributed by atoms with Crippen molar-refractivity contribution in [3.8, 4) is 0 Å². The van der Waals surface area contributed by atoms with Gasteiger partial charge in [0.1, 0.15) is 17.8 Å². The molecule has 2 aliphatic heterocycles. The highest BCUT2D eigenvalue weighted by atomic mass is 19.4. The second-order valence-corrected chi connectivity index (χ2v) is 8.55. The van der Waals surface area contributed by atoms with E-state index < -0.39 is 11.9 Å². The van der Waals surface area contributed by atoms with Crippen molar-refractivity contribution >= 4 is 11.7 Å². The Morgan fingerprint density at radius 1 is 1.10 bits per heavy atom. The minimum absolute atomic E-state index is 0.148. The summed E-state index contributed by atoms with van der Waals surface area (Å²) in [6.07, 6.45) is 1.49. The number of hydrogen-bond donors (Lipinski definition) is 0. The highest BCUT2D eigenvalue weighted by Gasteiger charge is 2.39. The van der Waals surface area contributed by atoms with Crippen LogP contribution < -0.4 is 4.90 Å². The zero-order chi connectivity index (χ0) is 20.6. The van der Waals surface area contributed by atoms with Crippen molar-refractivity contribution in [2.24, 2.45) is 5.92 Å². The molecule has 1 atom stereocenters. The number of aromatic nitrogens is 2. The fourth-order valence-corrected chi connectivity index (χ4v) is 4.68. The highest BCUT2D eigenvalue weighted by molar-refractivity contribution is 5.73. The van der Waals surface area contributed by atoms with Crippen molar-refractivity contribution in [1.29, 1.82) is 0 Å². The van der Waals surface area contributed by atoms with Crippen LogP contribution in [0.1, 0.15) is 44.7 Å². The minimum atomic E-state index is -4.45. The number of rotatable bonds is 5. The van der Waals surface area contributed by atoms with Gasteiger partial charge in [-0.1, -0.05) is 0 Å². The molecule has 1 aliphatic carbocycles. The molecule has 1 unspecified atom stereocenters. The Morgan fingerprint density at radius 2 is 1.79 bits per heavy atom. The van der Waals surface area contributed by atoms with Crippen LogP contribution >= 0.6 is 0 Å². The first-order valence-corrected chi connectivity index (χ1v) is 10.5. The minimum Gasteiger partial charge on any atom is -0.350 e. The molecule has 29 heavy (non-hydrogen) atoms. The summed E-state index contributed by atoms with van der Waals surface area (Å²) in [5, 5.41) is 0. The third-order valence-corrected chi connectivity index (χ3v) is 6.35. The van der Waals surface area contributed by atoms with Gasteiger partial charge in [-0.15, -0.1) is 0 Å². The lowest BCUT2D eigenvalue weighted by atomic mass is 10.0. The number of anilines is 1. The number of carbonyl (C=O) groups is 1. The Hall–Kier alpha value is -1.90. The second kappa shape index (κ2) is 8.08. The van der Waals surface area contributed by atoms with Gasteiger partial charge in [-0.25, -0.2) is 9.97 Å². The molecule has 0 radical (unpaired) electrons. The van der Waals surface area contributed by atoms with Crippen LogP contribution in [-0.4, -0.2) is 70.5 Å². The molecule has 9 heteroatoms. The normalized spacial score (nSPS) is 24.1. The van der Waals surface area contributed by atoms with Crippen LogP contribution in [-0.2, 0) is 11.0 Å². The summed E-state index contributed by atoms with van der Waals surface area (Å²) in [6.45, 7) is 6.17. The predicted octanol–water partition coefficient (Wildman–Crippen LogP) is 2.80. The van der Waals surface area contributed by atoms with Crippen molar-refractivity contribution in [2.75, 3.05) is 37.6 Å². The lowest BCUT2D eigenvalue weighted by Crippen LogP contribution is -2.47. The Labute approximate surface area is 169 Å². The molecule has 0 aromatic carbocycles. The van der Waals surface area contributed by atoms with E-state index in [2.05, 4.69) is 19.8 Å². The molecule has 6 nitrogen and oxygen atoms in total. The Balaban J connectivity index is 1.36. The molecule has 2 saturated heterocycles. The van der Waals surface area contributed by atoms with Crippen molar-refractivity contribution in [1.82, 2.24) is 19.8 Å². The number of carbonyl (C=O) groups excluding carboxylic acids is 1. The maximum Gasteiger partial charge on any atom is 0.433 e. The Kier molecular flexibility index (Phi) is 5.68. The lowest BCUT2D eigenvalue weighted by Gasteiger charge is -2.40. The van der Waals surface area contributed by atoms with Crippen LogP contribution in [0.5, 0.6) is 0 Å². The maximum atomic E-state index is 13.1. The van der Waals surface area contributed by atoms with Crippen LogP contribution in [0.15, 0.2) is 12.4 Å². The van der Waals surface area contributed by atoms with Gasteiger partial charge in [0.15, 0.2) is 0 Å². The largest absolute Gasteiger partial charge is 0.433 e. The number of piperidine rings is 1. The standard InChI is InChI=1S/C20H28F3N5O/c1-14(29)27-9-4-15(12-27)11-26-7-5-17(6-8-26)28(16-2-3-16)19-10-18(20(21,22)23)24-13-25-19/h10,13,15-17H,2-9,11-12H2,1H3. The predicted molar refractivity (Wildman–Crippen MR) is 102 cm³/mol. The zero-order valence-electron chi connectivity index (χ0n) is 16.7. The van der Waals surface area contributed by atoms with Gasteiger partial charge in [-0.2, -0.15) is 13.2 Å². The average Bonchev–Trinajstić information content (AvgIpc) is 3.40. The molecule has 3 heterocycles. The highest BCUT2D eigenvalue weighted by Crippen LogP contribution is 2.37. The van der Waals surface area contributed by atoms with Crippen LogP contribution in [0, 0.1) is 5.92 Å². The number of amides is 1. The van der Waals surface area contributed by atoms with E-state index in [-0.39, 0.29) is 11.9 Å². The molecule has 1 amide bonds. The van der Waals surface area contributed by atoms with Crippen molar-refractivity contribution in [2.45, 2.75) is 57.3 Å². The summed E-state index contributed by atoms with van der Waals surface area (Å²) in [4.78, 5) is 25.6. The van der Waals surface area contributed by atoms with Crippen LogP contribution in [0.4, 0.5) is 19.0 Å². The summed E-state index contributed by atoms with van der Waals surface area (Å²) in [5.41, 5.74) is -0.873. The van der Waals surface area contributed by atoms with Crippen molar-refractivity contribution in [3.05, 3.63) is 18.1 Å². The first-order chi connectivity index (χ1) is 13.8. The van der Waals surface area contributed by atoms with Gasteiger partial charge in [-0.05, 0) is 38.0 Å². The van der Waals surface area contributed by atoms with E-state index in [9.17, 15) is 18.0 Å². The monoisotopic (exact) mass is 411 g/mol. The summed E-state index contributed by atoms with van der Waals surface area (Å²) >= 11 is 0. The number of hydrogen-bond acceptors (Lipinski definition) is 5. The second-order valence-electron chi connectivity index (χ2n) is 8.55. The van der Waals surface area contributed by atoms with E-state index in [0.717, 1.165) is 77.2 Å². The molecule has 1 aromatic rings. The molecule has 1 saturated carbocycles. The Morgan fingerprint density at radius 3 is 2.38 bits per heavy atom. The zero-order valence-corrected chi connectivity index (χ0v) is 16.7. The maximum absolute atomic E-state index is 13.1. The lowest BCUT2D eigenvalue weighted by molar-refractivity contribution is -0.141. The molecule has 4 rings (SSSR count). The van der Waals surface area contributed by atoms with Crippen LogP contribution in [0.3, 0.4) is 0 Å². The SMILES string of the molecule is CC(=O)N1CCC(CN2CCC(N(c3cc(C(F)(F)F)ncn3)C3CC3)CC2)C1. The summed E-state index contributed by atoms with van der Waals surface area (Å²) < 4.78 is 39.2. The van der Waals surface area contributed by atoms with E-state index >= 15 is 0 Å². The summed E-state index contributed by atoms with van der Waals surface area (Å²) in [5.74, 6) is 1.07. The van der Waals surface area contributed by atoms with Gasteiger partial charge < -0.3 is 14.7 Å². The molecule has 0 bridgehead atoms. The molecule has 1 aromatic heterocycles. The van der Waals surface area contributed by atoms with Gasteiger partial charge in [0.2, 0.25) is 5.91 Å². The van der Waals surface area contributed by atoms with E-state index in [4.69, 9.17) is 0 Å². The first kappa shape index (κ1) is 20.4. The Bertz CT molecular complexity index is 731. The third-order valence-electron chi connectivity index (χ3n) is 6.35. The van der Waals surface area contributed by atoms with Crippen LogP contribution in [0.2, 0.25) is 0 Å². The van der Waals surface area contributed by atoms with Crippen LogP contribution in [0.25, 0.3) is 0 Å². The van der Waals surface area contributed by atoms with Gasteiger partial charge in [0.25, 0.3) is 0 Å². The first-order valence-electron chi connectivity index (χ1n) is 10.5. The summed E-state index contributed by atoms with van der Waals surface area (Å²) in [6, 6.07) is 1.60. The number of nitrogens with zero attached hydrogens (tertiary/aromatic N) is 5. The quantitative estimate of drug-likeness (QED) is 0.746. The molecular weight excluding hydrogens is 383 g/mol. The molecular formula is C20H28F3N5O. The van der Waals surface area contributed by atoms with Gasteiger partial charge in [0.05, 0.1) is 0 Å². The fourth-order valence-electron chi connectivity index (χ4n) is 4.68. The van der Waals surface area contributed by atoms with E-state index in [1.807, 2.05) is 4.90 Å². The number of halogens is 3. The van der Waals surface area contributed by atoms with Crippen molar-refractivity contribution in [3.63, 3.8) is 0 Å². The van der Waals surface area contributed by atoms with E-state index in [1.165, 1.54) is 0 Å². The topological polar surface area (TPSA) is 52.6 Å². The van der Waals surface area contributed by atoms with Gasteiger partial charge in [-0.3, -0.25) is 4.79 Å². The smallest absolute Gasteiger partial charge is 0.350 e. The summed E-state index contributed by atoms with van der Waals surface area (Å²) in [7, 11) is 0. The molecule has 0 spiro atoms. The van der Waals surface area contributed by atoms with Crippen molar-refractivity contribution < 1.29 is 18.0 Å². The molecule has 160 valence electrons. The molecule has 3 fully saturated rings. The average molecular weight is 411 g/mol. The van der Waals surface area contributed by atoms with Gasteiger partial charge >= 0.3 is 6.18 Å². The molecule has 3 aliphatic rings. The number of likely N-dealkylation sites (tertiary alicyclic amines) is 2. The molecule has 0 N–H and O–H groups in total. The van der Waals surface area contributed by atoms with E-state index in [1.54, 1.807) is 6.92 Å². The number of alkyl halides is 3. The van der Waals surface area contributed by atoms with E-state index in [0.29, 0.717) is 17.8 Å². The van der Waals surface area contributed by atoms with Gasteiger partial charge in [0, 0.05) is 57.8 Å². The fraction of sp³-hybridized carbons (Fsp3) is 0.750.